The highest BCUT2D eigenvalue weighted by molar-refractivity contribution is 5.69. The van der Waals surface area contributed by atoms with Crippen molar-refractivity contribution in [1.29, 1.82) is 0 Å². The molecule has 0 atom stereocenters. The summed E-state index contributed by atoms with van der Waals surface area (Å²) < 4.78 is 36.5. The first-order valence-corrected chi connectivity index (χ1v) is 5.29. The molecule has 0 spiro atoms. The Morgan fingerprint density at radius 2 is 1.81 bits per heavy atom. The molecule has 6 heteroatoms. The molecule has 0 aromatic carbocycles. The summed E-state index contributed by atoms with van der Waals surface area (Å²) in [6, 6.07) is 0. The van der Waals surface area contributed by atoms with Crippen LogP contribution in [0.3, 0.4) is 0 Å². The second-order valence-corrected chi connectivity index (χ2v) is 3.86. The predicted octanol–water partition coefficient (Wildman–Crippen LogP) is 2.37. The highest BCUT2D eigenvalue weighted by Crippen LogP contribution is 2.18. The molecule has 0 aromatic rings. The third kappa shape index (κ3) is 7.50. The highest BCUT2D eigenvalue weighted by Gasteiger charge is 2.32. The Morgan fingerprint density at radius 3 is 2.12 bits per heavy atom. The van der Waals surface area contributed by atoms with Crippen molar-refractivity contribution in [3.05, 3.63) is 0 Å². The number of aliphatic carboxylic acids is 1. The van der Waals surface area contributed by atoms with Crippen molar-refractivity contribution < 1.29 is 23.1 Å². The van der Waals surface area contributed by atoms with Crippen LogP contribution in [0.15, 0.2) is 0 Å². The number of carboxylic acid groups (broad SMARTS) is 1. The Labute approximate surface area is 93.2 Å². The molecule has 0 fully saturated rings. The van der Waals surface area contributed by atoms with Crippen LogP contribution in [0.1, 0.15) is 26.7 Å². The van der Waals surface area contributed by atoms with Gasteiger partial charge in [-0.25, -0.2) is 0 Å². The average Bonchev–Trinajstić information content (AvgIpc) is 2.10. The van der Waals surface area contributed by atoms with E-state index in [2.05, 4.69) is 0 Å². The summed E-state index contributed by atoms with van der Waals surface area (Å²) in [5, 5.41) is 8.53. The minimum Gasteiger partial charge on any atom is -0.480 e. The molecule has 0 aromatic heterocycles. The van der Waals surface area contributed by atoms with Crippen molar-refractivity contribution in [2.45, 2.75) is 32.9 Å². The van der Waals surface area contributed by atoms with Gasteiger partial charge in [-0.2, -0.15) is 13.2 Å². The molecule has 1 N–H and O–H groups in total. The number of carbonyl (C=O) groups is 1. The van der Waals surface area contributed by atoms with Gasteiger partial charge < -0.3 is 5.11 Å². The maximum Gasteiger partial charge on any atom is 0.401 e. The molecule has 0 saturated heterocycles. The molecule has 0 heterocycles. The van der Waals surface area contributed by atoms with E-state index in [-0.39, 0.29) is 12.5 Å². The molecule has 0 rings (SSSR count). The van der Waals surface area contributed by atoms with Gasteiger partial charge in [0, 0.05) is 6.54 Å². The van der Waals surface area contributed by atoms with Crippen LogP contribution in [0.4, 0.5) is 13.2 Å². The van der Waals surface area contributed by atoms with Gasteiger partial charge in [0.2, 0.25) is 0 Å². The predicted molar refractivity (Wildman–Crippen MR) is 54.2 cm³/mol. The molecular formula is C10H18F3NO2. The molecular weight excluding hydrogens is 223 g/mol. The molecule has 0 saturated carbocycles. The van der Waals surface area contributed by atoms with Gasteiger partial charge in [0.1, 0.15) is 0 Å². The van der Waals surface area contributed by atoms with Crippen molar-refractivity contribution in [3.8, 4) is 0 Å². The van der Waals surface area contributed by atoms with E-state index in [0.29, 0.717) is 0 Å². The SMILES string of the molecule is CCC(CC)CN(CC(=O)O)CC(F)(F)F. The number of carboxylic acids is 1. The van der Waals surface area contributed by atoms with Crippen molar-refractivity contribution in [1.82, 2.24) is 4.90 Å². The number of hydrogen-bond donors (Lipinski definition) is 1. The fraction of sp³-hybridized carbons (Fsp3) is 0.900. The topological polar surface area (TPSA) is 40.5 Å². The maximum atomic E-state index is 12.2. The Morgan fingerprint density at radius 1 is 1.31 bits per heavy atom. The molecule has 16 heavy (non-hydrogen) atoms. The number of halogens is 3. The number of rotatable bonds is 7. The zero-order valence-electron chi connectivity index (χ0n) is 9.55. The Hall–Kier alpha value is -0.780. The number of nitrogens with zero attached hydrogens (tertiary/aromatic N) is 1. The van der Waals surface area contributed by atoms with E-state index in [9.17, 15) is 18.0 Å². The van der Waals surface area contributed by atoms with Crippen LogP contribution in [0.5, 0.6) is 0 Å². The second kappa shape index (κ2) is 6.73. The van der Waals surface area contributed by atoms with Crippen LogP contribution < -0.4 is 0 Å². The standard InChI is InChI=1S/C10H18F3NO2/c1-3-8(4-2)5-14(6-9(15)16)7-10(11,12)13/h8H,3-7H2,1-2H3,(H,15,16). The largest absolute Gasteiger partial charge is 0.480 e. The number of hydrogen-bond acceptors (Lipinski definition) is 2. The van der Waals surface area contributed by atoms with Crippen LogP contribution in [0.2, 0.25) is 0 Å². The van der Waals surface area contributed by atoms with Gasteiger partial charge in [-0.1, -0.05) is 26.7 Å². The molecule has 3 nitrogen and oxygen atoms in total. The molecule has 0 unspecified atom stereocenters. The smallest absolute Gasteiger partial charge is 0.401 e. The Bertz CT molecular complexity index is 215. The second-order valence-electron chi connectivity index (χ2n) is 3.86. The molecule has 0 aliphatic rings. The Balaban J connectivity index is 4.36. The summed E-state index contributed by atoms with van der Waals surface area (Å²) >= 11 is 0. The summed E-state index contributed by atoms with van der Waals surface area (Å²) in [6.45, 7) is 2.24. The molecule has 0 amide bonds. The number of alkyl halides is 3. The fourth-order valence-corrected chi connectivity index (χ4v) is 1.54. The van der Waals surface area contributed by atoms with Crippen LogP contribution >= 0.6 is 0 Å². The van der Waals surface area contributed by atoms with Crippen LogP contribution in [0.25, 0.3) is 0 Å². The summed E-state index contributed by atoms with van der Waals surface area (Å²) in [5.74, 6) is -1.11. The lowest BCUT2D eigenvalue weighted by Gasteiger charge is -2.25. The lowest BCUT2D eigenvalue weighted by Crippen LogP contribution is -2.40. The van der Waals surface area contributed by atoms with Crippen molar-refractivity contribution in [3.63, 3.8) is 0 Å². The summed E-state index contributed by atoms with van der Waals surface area (Å²) in [4.78, 5) is 11.4. The lowest BCUT2D eigenvalue weighted by atomic mass is 10.0. The van der Waals surface area contributed by atoms with E-state index in [1.807, 2.05) is 13.8 Å². The lowest BCUT2D eigenvalue weighted by molar-refractivity contribution is -0.155. The van der Waals surface area contributed by atoms with E-state index in [4.69, 9.17) is 5.11 Å². The Kier molecular flexibility index (Phi) is 6.40. The summed E-state index contributed by atoms with van der Waals surface area (Å²) in [5.41, 5.74) is 0. The zero-order valence-corrected chi connectivity index (χ0v) is 9.55. The molecule has 0 aliphatic heterocycles. The van der Waals surface area contributed by atoms with Gasteiger partial charge >= 0.3 is 12.1 Å². The van der Waals surface area contributed by atoms with E-state index in [1.165, 1.54) is 0 Å². The first kappa shape index (κ1) is 15.2. The van der Waals surface area contributed by atoms with Crippen molar-refractivity contribution in [2.24, 2.45) is 5.92 Å². The average molecular weight is 241 g/mol. The fourth-order valence-electron chi connectivity index (χ4n) is 1.54. The minimum atomic E-state index is -4.35. The van der Waals surface area contributed by atoms with E-state index >= 15 is 0 Å². The molecule has 0 bridgehead atoms. The zero-order chi connectivity index (χ0) is 12.8. The van der Waals surface area contributed by atoms with Crippen molar-refractivity contribution in [2.75, 3.05) is 19.6 Å². The third-order valence-corrected chi connectivity index (χ3v) is 2.43. The summed E-state index contributed by atoms with van der Waals surface area (Å²) in [7, 11) is 0. The first-order chi connectivity index (χ1) is 7.28. The van der Waals surface area contributed by atoms with Crippen LogP contribution in [-0.2, 0) is 4.79 Å². The normalized spacial score (nSPS) is 12.4. The van der Waals surface area contributed by atoms with Gasteiger partial charge in [0.15, 0.2) is 0 Å². The van der Waals surface area contributed by atoms with Gasteiger partial charge in [-0.05, 0) is 5.92 Å². The van der Waals surface area contributed by atoms with Gasteiger partial charge in [-0.3, -0.25) is 9.69 Å². The maximum absolute atomic E-state index is 12.2. The van der Waals surface area contributed by atoms with E-state index in [0.717, 1.165) is 17.7 Å². The van der Waals surface area contributed by atoms with Crippen LogP contribution in [0, 0.1) is 5.92 Å². The highest BCUT2D eigenvalue weighted by atomic mass is 19.4. The minimum absolute atomic E-state index is 0.113. The van der Waals surface area contributed by atoms with Crippen LogP contribution in [-0.4, -0.2) is 41.8 Å². The first-order valence-electron chi connectivity index (χ1n) is 5.29. The van der Waals surface area contributed by atoms with Gasteiger partial charge in [0.05, 0.1) is 13.1 Å². The summed E-state index contributed by atoms with van der Waals surface area (Å²) in [6.07, 6.45) is -2.84. The van der Waals surface area contributed by atoms with Gasteiger partial charge in [-0.15, -0.1) is 0 Å². The quantitative estimate of drug-likeness (QED) is 0.744. The molecule has 0 aliphatic carbocycles. The van der Waals surface area contributed by atoms with E-state index in [1.54, 1.807) is 0 Å². The molecule has 96 valence electrons. The third-order valence-electron chi connectivity index (χ3n) is 2.43. The van der Waals surface area contributed by atoms with E-state index < -0.39 is 25.2 Å². The monoisotopic (exact) mass is 241 g/mol. The molecule has 0 radical (unpaired) electrons. The van der Waals surface area contributed by atoms with Crippen molar-refractivity contribution >= 4 is 5.97 Å². The van der Waals surface area contributed by atoms with Gasteiger partial charge in [0.25, 0.3) is 0 Å².